The third-order valence-corrected chi connectivity index (χ3v) is 5.02. The van der Waals surface area contributed by atoms with Gasteiger partial charge in [-0.25, -0.2) is 9.97 Å². The number of nitrogens with zero attached hydrogens (tertiary/aromatic N) is 2. The molecule has 3 aromatic heterocycles. The van der Waals surface area contributed by atoms with E-state index in [1.807, 2.05) is 24.3 Å². The molecule has 0 unspecified atom stereocenters. The Labute approximate surface area is 163 Å². The Balaban J connectivity index is 1.79. The Morgan fingerprint density at radius 2 is 1.96 bits per heavy atom. The maximum Gasteiger partial charge on any atom is 0.270 e. The number of furan rings is 1. The summed E-state index contributed by atoms with van der Waals surface area (Å²) in [5, 5.41) is 7.01. The van der Waals surface area contributed by atoms with Gasteiger partial charge in [0.25, 0.3) is 11.8 Å². The van der Waals surface area contributed by atoms with Crippen molar-refractivity contribution in [3.8, 4) is 11.5 Å². The standard InChI is InChI=1S/C19H15N5O3S/c1-21-19-23-15(16(20)25)18(28-19)24-17(26)11-9-13(14-7-4-8-27-14)22-12-6-3-2-5-10(11)12/h2-9H,1H3,(H2,20,25)(H,21,23)(H,24,26). The average molecular weight is 393 g/mol. The van der Waals surface area contributed by atoms with Gasteiger partial charge in [0, 0.05) is 12.4 Å². The van der Waals surface area contributed by atoms with E-state index < -0.39 is 11.8 Å². The van der Waals surface area contributed by atoms with Crippen LogP contribution in [0.3, 0.4) is 0 Å². The van der Waals surface area contributed by atoms with Gasteiger partial charge in [-0.3, -0.25) is 9.59 Å². The highest BCUT2D eigenvalue weighted by Crippen LogP contribution is 2.30. The lowest BCUT2D eigenvalue weighted by molar-refractivity contribution is 0.0997. The summed E-state index contributed by atoms with van der Waals surface area (Å²) in [4.78, 5) is 33.4. The summed E-state index contributed by atoms with van der Waals surface area (Å²) in [5.74, 6) is -0.572. The van der Waals surface area contributed by atoms with Crippen LogP contribution in [-0.4, -0.2) is 28.8 Å². The van der Waals surface area contributed by atoms with Gasteiger partial charge in [-0.05, 0) is 24.3 Å². The van der Waals surface area contributed by atoms with Crippen LogP contribution in [0, 0.1) is 0 Å². The molecule has 4 aromatic rings. The van der Waals surface area contributed by atoms with Crippen molar-refractivity contribution < 1.29 is 14.0 Å². The zero-order valence-electron chi connectivity index (χ0n) is 14.7. The molecule has 0 saturated heterocycles. The molecule has 0 saturated carbocycles. The summed E-state index contributed by atoms with van der Waals surface area (Å²) in [6, 6.07) is 12.5. The van der Waals surface area contributed by atoms with Crippen molar-refractivity contribution in [2.75, 3.05) is 17.7 Å². The van der Waals surface area contributed by atoms with Crippen LogP contribution >= 0.6 is 11.3 Å². The van der Waals surface area contributed by atoms with Crippen molar-refractivity contribution in [1.82, 2.24) is 9.97 Å². The first-order valence-electron chi connectivity index (χ1n) is 8.30. The monoisotopic (exact) mass is 393 g/mol. The fourth-order valence-corrected chi connectivity index (χ4v) is 3.58. The Kier molecular flexibility index (Phi) is 4.50. The number of hydrogen-bond acceptors (Lipinski definition) is 7. The second-order valence-electron chi connectivity index (χ2n) is 5.81. The van der Waals surface area contributed by atoms with Crippen molar-refractivity contribution in [2.24, 2.45) is 5.73 Å². The van der Waals surface area contributed by atoms with Crippen molar-refractivity contribution in [3.05, 3.63) is 60.0 Å². The van der Waals surface area contributed by atoms with E-state index in [1.54, 1.807) is 31.5 Å². The summed E-state index contributed by atoms with van der Waals surface area (Å²) in [7, 11) is 1.67. The number of carbonyl (C=O) groups is 2. The average Bonchev–Trinajstić information content (AvgIpc) is 3.37. The number of rotatable bonds is 5. The normalized spacial score (nSPS) is 10.8. The lowest BCUT2D eigenvalue weighted by Crippen LogP contribution is -2.18. The van der Waals surface area contributed by atoms with Crippen LogP contribution in [0.2, 0.25) is 0 Å². The summed E-state index contributed by atoms with van der Waals surface area (Å²) in [6.07, 6.45) is 1.54. The molecule has 3 heterocycles. The number of aromatic nitrogens is 2. The minimum absolute atomic E-state index is 0.00678. The number of thiazole rings is 1. The first kappa shape index (κ1) is 17.7. The molecule has 28 heavy (non-hydrogen) atoms. The van der Waals surface area contributed by atoms with E-state index in [1.165, 1.54) is 0 Å². The summed E-state index contributed by atoms with van der Waals surface area (Å²) >= 11 is 1.13. The number of para-hydroxylation sites is 1. The maximum atomic E-state index is 13.1. The molecule has 0 atom stereocenters. The quantitative estimate of drug-likeness (QED) is 0.478. The van der Waals surface area contributed by atoms with Crippen LogP contribution in [0.15, 0.2) is 53.1 Å². The Bertz CT molecular complexity index is 1180. The first-order chi connectivity index (χ1) is 13.6. The molecule has 0 fully saturated rings. The fourth-order valence-electron chi connectivity index (χ4n) is 2.76. The molecule has 0 aliphatic carbocycles. The minimum Gasteiger partial charge on any atom is -0.463 e. The maximum absolute atomic E-state index is 13.1. The second-order valence-corrected chi connectivity index (χ2v) is 6.81. The van der Waals surface area contributed by atoms with Crippen LogP contribution in [0.4, 0.5) is 10.1 Å². The molecule has 0 spiro atoms. The molecule has 8 nitrogen and oxygen atoms in total. The minimum atomic E-state index is -0.719. The predicted molar refractivity (Wildman–Crippen MR) is 108 cm³/mol. The number of fused-ring (bicyclic) bond motifs is 1. The first-order valence-corrected chi connectivity index (χ1v) is 9.12. The van der Waals surface area contributed by atoms with Crippen LogP contribution in [0.25, 0.3) is 22.4 Å². The summed E-state index contributed by atoms with van der Waals surface area (Å²) in [5.41, 5.74) is 6.96. The lowest BCUT2D eigenvalue weighted by Gasteiger charge is -2.09. The Morgan fingerprint density at radius 1 is 1.14 bits per heavy atom. The number of benzene rings is 1. The highest BCUT2D eigenvalue weighted by atomic mass is 32.1. The van der Waals surface area contributed by atoms with E-state index in [4.69, 9.17) is 10.2 Å². The van der Waals surface area contributed by atoms with Crippen molar-refractivity contribution in [3.63, 3.8) is 0 Å². The smallest absolute Gasteiger partial charge is 0.270 e. The molecule has 0 aliphatic heterocycles. The van der Waals surface area contributed by atoms with Gasteiger partial charge in [0.1, 0.15) is 10.7 Å². The zero-order valence-corrected chi connectivity index (χ0v) is 15.5. The van der Waals surface area contributed by atoms with Gasteiger partial charge in [0.15, 0.2) is 16.6 Å². The number of anilines is 2. The molecule has 1 aromatic carbocycles. The van der Waals surface area contributed by atoms with Gasteiger partial charge >= 0.3 is 0 Å². The molecule has 4 N–H and O–H groups in total. The van der Waals surface area contributed by atoms with E-state index in [0.717, 1.165) is 11.3 Å². The summed E-state index contributed by atoms with van der Waals surface area (Å²) < 4.78 is 5.42. The fraction of sp³-hybridized carbons (Fsp3) is 0.0526. The molecular formula is C19H15N5O3S. The number of pyridine rings is 1. The highest BCUT2D eigenvalue weighted by molar-refractivity contribution is 7.20. The molecule has 0 bridgehead atoms. The van der Waals surface area contributed by atoms with E-state index in [0.29, 0.717) is 33.1 Å². The van der Waals surface area contributed by atoms with Gasteiger partial charge in [0.05, 0.1) is 17.3 Å². The van der Waals surface area contributed by atoms with Crippen LogP contribution in [-0.2, 0) is 0 Å². The van der Waals surface area contributed by atoms with Gasteiger partial charge in [0.2, 0.25) is 0 Å². The zero-order chi connectivity index (χ0) is 19.7. The number of nitrogens with one attached hydrogen (secondary N) is 2. The second kappa shape index (κ2) is 7.12. The molecular weight excluding hydrogens is 378 g/mol. The topological polar surface area (TPSA) is 123 Å². The number of amides is 2. The van der Waals surface area contributed by atoms with E-state index in [-0.39, 0.29) is 10.7 Å². The predicted octanol–water partition coefficient (Wildman–Crippen LogP) is 3.34. The van der Waals surface area contributed by atoms with Crippen LogP contribution < -0.4 is 16.4 Å². The van der Waals surface area contributed by atoms with Crippen LogP contribution in [0.1, 0.15) is 20.8 Å². The van der Waals surface area contributed by atoms with Crippen molar-refractivity contribution in [2.45, 2.75) is 0 Å². The molecule has 2 amide bonds. The molecule has 9 heteroatoms. The third kappa shape index (κ3) is 3.19. The number of primary amides is 1. The molecule has 0 aliphatic rings. The van der Waals surface area contributed by atoms with Crippen molar-refractivity contribution >= 4 is 44.2 Å². The molecule has 140 valence electrons. The van der Waals surface area contributed by atoms with E-state index >= 15 is 0 Å². The van der Waals surface area contributed by atoms with Gasteiger partial charge in [-0.15, -0.1) is 0 Å². The third-order valence-electron chi connectivity index (χ3n) is 4.04. The van der Waals surface area contributed by atoms with Crippen molar-refractivity contribution in [1.29, 1.82) is 0 Å². The summed E-state index contributed by atoms with van der Waals surface area (Å²) in [6.45, 7) is 0. The SMILES string of the molecule is CNc1nc(C(N)=O)c(NC(=O)c2cc(-c3ccco3)nc3ccccc23)s1. The largest absolute Gasteiger partial charge is 0.463 e. The number of hydrogen-bond donors (Lipinski definition) is 3. The molecule has 4 rings (SSSR count). The lowest BCUT2D eigenvalue weighted by atomic mass is 10.1. The molecule has 0 radical (unpaired) electrons. The Hall–Kier alpha value is -3.72. The van der Waals surface area contributed by atoms with E-state index in [9.17, 15) is 9.59 Å². The number of carbonyl (C=O) groups excluding carboxylic acids is 2. The van der Waals surface area contributed by atoms with E-state index in [2.05, 4.69) is 20.6 Å². The highest BCUT2D eigenvalue weighted by Gasteiger charge is 2.20. The van der Waals surface area contributed by atoms with Gasteiger partial charge in [-0.2, -0.15) is 0 Å². The number of nitrogens with two attached hydrogens (primary N) is 1. The van der Waals surface area contributed by atoms with Crippen LogP contribution in [0.5, 0.6) is 0 Å². The Morgan fingerprint density at radius 3 is 2.68 bits per heavy atom. The van der Waals surface area contributed by atoms with Gasteiger partial charge < -0.3 is 20.8 Å². The van der Waals surface area contributed by atoms with Gasteiger partial charge in [-0.1, -0.05) is 29.5 Å².